The molecule has 0 saturated carbocycles. The van der Waals surface area contributed by atoms with Crippen LogP contribution in [-0.4, -0.2) is 30.0 Å². The first-order valence-electron chi connectivity index (χ1n) is 7.31. The van der Waals surface area contributed by atoms with Gasteiger partial charge in [-0.05, 0) is 29.9 Å². The molecule has 1 aromatic carbocycles. The van der Waals surface area contributed by atoms with E-state index in [4.69, 9.17) is 4.74 Å². The Bertz CT molecular complexity index is 568. The van der Waals surface area contributed by atoms with Gasteiger partial charge in [0.05, 0.1) is 17.6 Å². The smallest absolute Gasteiger partial charge is 0.264 e. The molecule has 1 aromatic heterocycles. The normalized spacial score (nSPS) is 18.7. The maximum Gasteiger partial charge on any atom is 0.264 e. The molecule has 0 N–H and O–H groups in total. The highest BCUT2D eigenvalue weighted by molar-refractivity contribution is 7.12. The molecule has 1 aliphatic heterocycles. The van der Waals surface area contributed by atoms with E-state index in [2.05, 4.69) is 12.1 Å². The lowest BCUT2D eigenvalue weighted by atomic mass is 10.1. The molecule has 3 nitrogen and oxygen atoms in total. The average molecular weight is 301 g/mol. The van der Waals surface area contributed by atoms with Gasteiger partial charge in [0.1, 0.15) is 0 Å². The lowest BCUT2D eigenvalue weighted by molar-refractivity contribution is -0.00659. The van der Waals surface area contributed by atoms with Crippen molar-refractivity contribution in [1.29, 1.82) is 0 Å². The number of hydrogen-bond donors (Lipinski definition) is 0. The van der Waals surface area contributed by atoms with E-state index < -0.39 is 0 Å². The van der Waals surface area contributed by atoms with Crippen molar-refractivity contribution in [3.63, 3.8) is 0 Å². The monoisotopic (exact) mass is 301 g/mol. The van der Waals surface area contributed by atoms with Crippen LogP contribution >= 0.6 is 11.3 Å². The van der Waals surface area contributed by atoms with E-state index in [1.807, 2.05) is 40.6 Å². The Morgan fingerprint density at radius 2 is 2.10 bits per heavy atom. The summed E-state index contributed by atoms with van der Waals surface area (Å²) in [5.74, 6) is 0.137. The van der Waals surface area contributed by atoms with Gasteiger partial charge in [-0.3, -0.25) is 4.79 Å². The summed E-state index contributed by atoms with van der Waals surface area (Å²) in [4.78, 5) is 15.1. The van der Waals surface area contributed by atoms with Gasteiger partial charge in [-0.2, -0.15) is 0 Å². The molecule has 2 aromatic rings. The zero-order valence-electron chi connectivity index (χ0n) is 11.9. The highest BCUT2D eigenvalue weighted by Crippen LogP contribution is 2.19. The van der Waals surface area contributed by atoms with E-state index in [0.29, 0.717) is 13.2 Å². The molecule has 0 spiro atoms. The van der Waals surface area contributed by atoms with Crippen molar-refractivity contribution >= 4 is 17.2 Å². The summed E-state index contributed by atoms with van der Waals surface area (Å²) in [7, 11) is 0. The van der Waals surface area contributed by atoms with Crippen molar-refractivity contribution in [2.24, 2.45) is 0 Å². The van der Waals surface area contributed by atoms with Gasteiger partial charge < -0.3 is 9.64 Å². The molecule has 3 rings (SSSR count). The topological polar surface area (TPSA) is 29.5 Å². The van der Waals surface area contributed by atoms with Crippen LogP contribution in [0, 0.1) is 0 Å². The summed E-state index contributed by atoms with van der Waals surface area (Å²) >= 11 is 1.50. The summed E-state index contributed by atoms with van der Waals surface area (Å²) in [6.07, 6.45) is 2.18. The minimum Gasteiger partial charge on any atom is -0.372 e. The first-order valence-corrected chi connectivity index (χ1v) is 8.19. The molecule has 1 saturated heterocycles. The summed E-state index contributed by atoms with van der Waals surface area (Å²) in [5, 5.41) is 1.95. The van der Waals surface area contributed by atoms with E-state index in [-0.39, 0.29) is 12.0 Å². The summed E-state index contributed by atoms with van der Waals surface area (Å²) in [5.41, 5.74) is 1.18. The first kappa shape index (κ1) is 14.3. The van der Waals surface area contributed by atoms with Crippen LogP contribution in [-0.2, 0) is 11.3 Å². The van der Waals surface area contributed by atoms with Gasteiger partial charge in [0.15, 0.2) is 0 Å². The van der Waals surface area contributed by atoms with Gasteiger partial charge in [-0.25, -0.2) is 0 Å². The minimum absolute atomic E-state index is 0.137. The molecule has 1 unspecified atom stereocenters. The summed E-state index contributed by atoms with van der Waals surface area (Å²) < 4.78 is 5.98. The van der Waals surface area contributed by atoms with Gasteiger partial charge in [0.2, 0.25) is 0 Å². The van der Waals surface area contributed by atoms with Crippen LogP contribution in [0.2, 0.25) is 0 Å². The number of thiophene rings is 1. The zero-order chi connectivity index (χ0) is 14.5. The molecule has 1 amide bonds. The van der Waals surface area contributed by atoms with E-state index in [1.165, 1.54) is 16.9 Å². The lowest BCUT2D eigenvalue weighted by Crippen LogP contribution is -2.42. The van der Waals surface area contributed by atoms with E-state index >= 15 is 0 Å². The fourth-order valence-electron chi connectivity index (χ4n) is 2.60. The second kappa shape index (κ2) is 6.87. The SMILES string of the molecule is O=C(c1cccs1)N1CCCC(OCc2ccccc2)C1. The number of ether oxygens (including phenoxy) is 1. The predicted molar refractivity (Wildman–Crippen MR) is 84.5 cm³/mol. The Balaban J connectivity index is 1.55. The molecule has 0 bridgehead atoms. The number of carbonyl (C=O) groups is 1. The average Bonchev–Trinajstić information content (AvgIpc) is 3.08. The van der Waals surface area contributed by atoms with Crippen LogP contribution in [0.4, 0.5) is 0 Å². The minimum atomic E-state index is 0.137. The number of carbonyl (C=O) groups excluding carboxylic acids is 1. The van der Waals surface area contributed by atoms with Crippen molar-refractivity contribution < 1.29 is 9.53 Å². The fraction of sp³-hybridized carbons (Fsp3) is 0.353. The quantitative estimate of drug-likeness (QED) is 0.864. The third-order valence-corrected chi connectivity index (χ3v) is 4.58. The van der Waals surface area contributed by atoms with E-state index in [0.717, 1.165) is 24.3 Å². The maximum atomic E-state index is 12.4. The number of hydrogen-bond acceptors (Lipinski definition) is 3. The van der Waals surface area contributed by atoms with Crippen molar-refractivity contribution in [2.75, 3.05) is 13.1 Å². The van der Waals surface area contributed by atoms with Gasteiger partial charge in [0, 0.05) is 13.1 Å². The lowest BCUT2D eigenvalue weighted by Gasteiger charge is -2.32. The van der Waals surface area contributed by atoms with Crippen LogP contribution in [0.25, 0.3) is 0 Å². The van der Waals surface area contributed by atoms with Gasteiger partial charge in [-0.15, -0.1) is 11.3 Å². The van der Waals surface area contributed by atoms with Crippen molar-refractivity contribution in [3.05, 3.63) is 58.3 Å². The molecule has 110 valence electrons. The number of rotatable bonds is 4. The Morgan fingerprint density at radius 1 is 1.24 bits per heavy atom. The predicted octanol–water partition coefficient (Wildman–Crippen LogP) is 3.57. The highest BCUT2D eigenvalue weighted by atomic mass is 32.1. The number of nitrogens with zero attached hydrogens (tertiary/aromatic N) is 1. The molecular weight excluding hydrogens is 282 g/mol. The molecule has 4 heteroatoms. The number of likely N-dealkylation sites (tertiary alicyclic amines) is 1. The number of piperidine rings is 1. The molecule has 0 radical (unpaired) electrons. The molecule has 0 aliphatic carbocycles. The van der Waals surface area contributed by atoms with Gasteiger partial charge >= 0.3 is 0 Å². The van der Waals surface area contributed by atoms with Crippen LogP contribution < -0.4 is 0 Å². The molecule has 2 heterocycles. The summed E-state index contributed by atoms with van der Waals surface area (Å²) in [6.45, 7) is 2.15. The highest BCUT2D eigenvalue weighted by Gasteiger charge is 2.25. The van der Waals surface area contributed by atoms with Crippen molar-refractivity contribution in [1.82, 2.24) is 4.90 Å². The molecule has 1 fully saturated rings. The van der Waals surface area contributed by atoms with Crippen molar-refractivity contribution in [2.45, 2.75) is 25.6 Å². The number of benzene rings is 1. The third kappa shape index (κ3) is 3.71. The largest absolute Gasteiger partial charge is 0.372 e. The van der Waals surface area contributed by atoms with Crippen LogP contribution in [0.3, 0.4) is 0 Å². The standard InChI is InChI=1S/C17H19NO2S/c19-17(16-9-5-11-21-16)18-10-4-8-15(12-18)20-13-14-6-2-1-3-7-14/h1-3,5-7,9,11,15H,4,8,10,12-13H2. The van der Waals surface area contributed by atoms with Crippen LogP contribution in [0.1, 0.15) is 28.1 Å². The zero-order valence-corrected chi connectivity index (χ0v) is 12.7. The van der Waals surface area contributed by atoms with Gasteiger partial charge in [-0.1, -0.05) is 36.4 Å². The number of amides is 1. The van der Waals surface area contributed by atoms with Crippen LogP contribution in [0.5, 0.6) is 0 Å². The second-order valence-corrected chi connectivity index (χ2v) is 6.24. The van der Waals surface area contributed by atoms with Crippen LogP contribution in [0.15, 0.2) is 47.8 Å². The maximum absolute atomic E-state index is 12.4. The van der Waals surface area contributed by atoms with E-state index in [1.54, 1.807) is 0 Å². The Labute approximate surface area is 129 Å². The van der Waals surface area contributed by atoms with Gasteiger partial charge in [0.25, 0.3) is 5.91 Å². The van der Waals surface area contributed by atoms with E-state index in [9.17, 15) is 4.79 Å². The Kier molecular flexibility index (Phi) is 4.68. The molecule has 21 heavy (non-hydrogen) atoms. The first-order chi connectivity index (χ1) is 10.3. The van der Waals surface area contributed by atoms with Crippen molar-refractivity contribution in [3.8, 4) is 0 Å². The Morgan fingerprint density at radius 3 is 2.86 bits per heavy atom. The Hall–Kier alpha value is -1.65. The summed E-state index contributed by atoms with van der Waals surface area (Å²) in [6, 6.07) is 14.0. The fourth-order valence-corrected chi connectivity index (χ4v) is 3.29. The molecular formula is C17H19NO2S. The molecule has 1 atom stereocenters. The second-order valence-electron chi connectivity index (χ2n) is 5.29. The molecule has 1 aliphatic rings. The third-order valence-electron chi connectivity index (χ3n) is 3.73.